The normalized spacial score (nSPS) is 10.2. The van der Waals surface area contributed by atoms with E-state index in [0.29, 0.717) is 13.0 Å². The number of hydrogen-bond donors (Lipinski definition) is 1. The lowest BCUT2D eigenvalue weighted by Crippen LogP contribution is -2.22. The maximum absolute atomic E-state index is 11.7. The Kier molecular flexibility index (Phi) is 5.96. The Morgan fingerprint density at radius 3 is 2.50 bits per heavy atom. The standard InChI is InChI=1S/C16H16ClNOS/c17-14-8-4-5-9-15(14)20-11-10-16(19)18-12-13-6-2-1-3-7-13/h1-9H,10-12H2,(H,18,19). The van der Waals surface area contributed by atoms with Crippen LogP contribution in [0.2, 0.25) is 5.02 Å². The van der Waals surface area contributed by atoms with Crippen molar-refractivity contribution in [3.63, 3.8) is 0 Å². The zero-order chi connectivity index (χ0) is 14.2. The Hall–Kier alpha value is -1.45. The quantitative estimate of drug-likeness (QED) is 0.813. The molecule has 2 aromatic rings. The van der Waals surface area contributed by atoms with Crippen molar-refractivity contribution in [2.75, 3.05) is 5.75 Å². The van der Waals surface area contributed by atoms with Gasteiger partial charge in [-0.25, -0.2) is 0 Å². The number of amides is 1. The molecule has 0 spiro atoms. The fourth-order valence-corrected chi connectivity index (χ4v) is 2.89. The lowest BCUT2D eigenvalue weighted by Gasteiger charge is -2.06. The average molecular weight is 306 g/mol. The van der Waals surface area contributed by atoms with Gasteiger partial charge in [-0.05, 0) is 17.7 Å². The van der Waals surface area contributed by atoms with Gasteiger partial charge in [-0.1, -0.05) is 54.1 Å². The second kappa shape index (κ2) is 7.98. The van der Waals surface area contributed by atoms with E-state index in [2.05, 4.69) is 5.32 Å². The van der Waals surface area contributed by atoms with Gasteiger partial charge in [-0.3, -0.25) is 4.79 Å². The Morgan fingerprint density at radius 2 is 1.75 bits per heavy atom. The summed E-state index contributed by atoms with van der Waals surface area (Å²) in [7, 11) is 0. The minimum atomic E-state index is 0.0633. The topological polar surface area (TPSA) is 29.1 Å². The van der Waals surface area contributed by atoms with Crippen LogP contribution in [0.1, 0.15) is 12.0 Å². The lowest BCUT2D eigenvalue weighted by molar-refractivity contribution is -0.120. The molecular weight excluding hydrogens is 290 g/mol. The fourth-order valence-electron chi connectivity index (χ4n) is 1.70. The van der Waals surface area contributed by atoms with Crippen molar-refractivity contribution in [3.8, 4) is 0 Å². The van der Waals surface area contributed by atoms with Crippen LogP contribution >= 0.6 is 23.4 Å². The second-order valence-corrected chi connectivity index (χ2v) is 5.84. The highest BCUT2D eigenvalue weighted by atomic mass is 35.5. The van der Waals surface area contributed by atoms with Crippen molar-refractivity contribution in [1.29, 1.82) is 0 Å². The summed E-state index contributed by atoms with van der Waals surface area (Å²) < 4.78 is 0. The first-order valence-corrected chi connectivity index (χ1v) is 7.80. The Labute approximate surface area is 128 Å². The van der Waals surface area contributed by atoms with Crippen LogP contribution in [-0.4, -0.2) is 11.7 Å². The van der Waals surface area contributed by atoms with Gasteiger partial charge in [0, 0.05) is 23.6 Å². The minimum Gasteiger partial charge on any atom is -0.352 e. The van der Waals surface area contributed by atoms with Crippen LogP contribution in [-0.2, 0) is 11.3 Å². The van der Waals surface area contributed by atoms with Crippen LogP contribution in [0.4, 0.5) is 0 Å². The van der Waals surface area contributed by atoms with E-state index < -0.39 is 0 Å². The van der Waals surface area contributed by atoms with Gasteiger partial charge in [0.1, 0.15) is 0 Å². The third kappa shape index (κ3) is 4.91. The minimum absolute atomic E-state index is 0.0633. The van der Waals surface area contributed by atoms with Crippen LogP contribution in [0, 0.1) is 0 Å². The van der Waals surface area contributed by atoms with Crippen molar-refractivity contribution in [2.45, 2.75) is 17.9 Å². The van der Waals surface area contributed by atoms with Crippen molar-refractivity contribution < 1.29 is 4.79 Å². The van der Waals surface area contributed by atoms with Gasteiger partial charge in [-0.15, -0.1) is 11.8 Å². The first kappa shape index (κ1) is 14.9. The summed E-state index contributed by atoms with van der Waals surface area (Å²) in [6.07, 6.45) is 0.489. The fraction of sp³-hybridized carbons (Fsp3) is 0.188. The molecule has 0 aliphatic carbocycles. The predicted molar refractivity (Wildman–Crippen MR) is 85.1 cm³/mol. The van der Waals surface area contributed by atoms with Gasteiger partial charge in [-0.2, -0.15) is 0 Å². The number of rotatable bonds is 6. The van der Waals surface area contributed by atoms with Crippen LogP contribution in [0.5, 0.6) is 0 Å². The zero-order valence-electron chi connectivity index (χ0n) is 11.0. The van der Waals surface area contributed by atoms with Crippen LogP contribution < -0.4 is 5.32 Å². The Balaban J connectivity index is 1.69. The monoisotopic (exact) mass is 305 g/mol. The molecule has 1 amide bonds. The molecule has 0 saturated heterocycles. The highest BCUT2D eigenvalue weighted by molar-refractivity contribution is 7.99. The van der Waals surface area contributed by atoms with Gasteiger partial charge < -0.3 is 5.32 Å². The molecule has 0 radical (unpaired) electrons. The van der Waals surface area contributed by atoms with E-state index in [1.54, 1.807) is 11.8 Å². The number of benzene rings is 2. The summed E-state index contributed by atoms with van der Waals surface area (Å²) in [4.78, 5) is 12.8. The van der Waals surface area contributed by atoms with E-state index in [0.717, 1.165) is 21.2 Å². The molecule has 0 heterocycles. The molecule has 20 heavy (non-hydrogen) atoms. The third-order valence-corrected chi connectivity index (χ3v) is 4.27. The molecule has 104 valence electrons. The molecule has 2 aromatic carbocycles. The van der Waals surface area contributed by atoms with Crippen molar-refractivity contribution in [1.82, 2.24) is 5.32 Å². The molecule has 0 aliphatic heterocycles. The maximum Gasteiger partial charge on any atom is 0.221 e. The molecular formula is C16H16ClNOS. The molecule has 0 bridgehead atoms. The van der Waals surface area contributed by atoms with E-state index in [1.165, 1.54) is 0 Å². The number of carbonyl (C=O) groups is 1. The summed E-state index contributed by atoms with van der Waals surface area (Å²) in [6.45, 7) is 0.580. The Bertz CT molecular complexity index is 559. The summed E-state index contributed by atoms with van der Waals surface area (Å²) >= 11 is 7.66. The van der Waals surface area contributed by atoms with Crippen molar-refractivity contribution in [3.05, 3.63) is 65.2 Å². The van der Waals surface area contributed by atoms with Gasteiger partial charge in [0.2, 0.25) is 5.91 Å². The molecule has 2 rings (SSSR count). The molecule has 0 atom stereocenters. The van der Waals surface area contributed by atoms with Gasteiger partial charge in [0.15, 0.2) is 0 Å². The highest BCUT2D eigenvalue weighted by Crippen LogP contribution is 2.26. The average Bonchev–Trinajstić information content (AvgIpc) is 2.48. The van der Waals surface area contributed by atoms with E-state index in [-0.39, 0.29) is 5.91 Å². The molecule has 1 N–H and O–H groups in total. The largest absolute Gasteiger partial charge is 0.352 e. The number of nitrogens with one attached hydrogen (secondary N) is 1. The van der Waals surface area contributed by atoms with Crippen LogP contribution in [0.3, 0.4) is 0 Å². The van der Waals surface area contributed by atoms with E-state index in [1.807, 2.05) is 54.6 Å². The first-order valence-electron chi connectivity index (χ1n) is 6.43. The molecule has 4 heteroatoms. The lowest BCUT2D eigenvalue weighted by atomic mass is 10.2. The van der Waals surface area contributed by atoms with E-state index in [4.69, 9.17) is 11.6 Å². The number of thioether (sulfide) groups is 1. The van der Waals surface area contributed by atoms with Gasteiger partial charge in [0.05, 0.1) is 5.02 Å². The smallest absolute Gasteiger partial charge is 0.221 e. The second-order valence-electron chi connectivity index (χ2n) is 4.29. The molecule has 0 aromatic heterocycles. The molecule has 2 nitrogen and oxygen atoms in total. The summed E-state index contributed by atoms with van der Waals surface area (Å²) in [5.41, 5.74) is 1.11. The van der Waals surface area contributed by atoms with Crippen LogP contribution in [0.25, 0.3) is 0 Å². The third-order valence-electron chi connectivity index (χ3n) is 2.76. The highest BCUT2D eigenvalue weighted by Gasteiger charge is 2.04. The summed E-state index contributed by atoms with van der Waals surface area (Å²) in [6, 6.07) is 17.6. The number of halogens is 1. The van der Waals surface area contributed by atoms with Crippen molar-refractivity contribution in [2.24, 2.45) is 0 Å². The molecule has 0 unspecified atom stereocenters. The Morgan fingerprint density at radius 1 is 1.05 bits per heavy atom. The predicted octanol–water partition coefficient (Wildman–Crippen LogP) is 4.14. The zero-order valence-corrected chi connectivity index (χ0v) is 12.6. The molecule has 0 fully saturated rings. The van der Waals surface area contributed by atoms with Gasteiger partial charge >= 0.3 is 0 Å². The number of hydrogen-bond acceptors (Lipinski definition) is 2. The molecule has 0 aliphatic rings. The van der Waals surface area contributed by atoms with E-state index in [9.17, 15) is 4.79 Å². The van der Waals surface area contributed by atoms with Gasteiger partial charge in [0.25, 0.3) is 0 Å². The summed E-state index contributed by atoms with van der Waals surface area (Å²) in [5, 5.41) is 3.65. The van der Waals surface area contributed by atoms with Crippen molar-refractivity contribution >= 4 is 29.3 Å². The van der Waals surface area contributed by atoms with Crippen LogP contribution in [0.15, 0.2) is 59.5 Å². The summed E-state index contributed by atoms with van der Waals surface area (Å²) in [5.74, 6) is 0.790. The molecule has 0 saturated carbocycles. The maximum atomic E-state index is 11.7. The number of carbonyl (C=O) groups excluding carboxylic acids is 1. The SMILES string of the molecule is O=C(CCSc1ccccc1Cl)NCc1ccccc1. The first-order chi connectivity index (χ1) is 9.75. The van der Waals surface area contributed by atoms with E-state index >= 15 is 0 Å².